The lowest BCUT2D eigenvalue weighted by atomic mass is 9.85. The second kappa shape index (κ2) is 8.57. The van der Waals surface area contributed by atoms with Crippen LogP contribution < -0.4 is 5.32 Å². The zero-order valence-electron chi connectivity index (χ0n) is 17.4. The van der Waals surface area contributed by atoms with E-state index in [1.807, 2.05) is 32.9 Å². The number of hydrogen-bond acceptors (Lipinski definition) is 5. The molecule has 1 saturated heterocycles. The summed E-state index contributed by atoms with van der Waals surface area (Å²) in [7, 11) is 1.39. The van der Waals surface area contributed by atoms with Crippen molar-refractivity contribution in [3.05, 3.63) is 24.8 Å². The van der Waals surface area contributed by atoms with E-state index in [0.717, 1.165) is 0 Å². The summed E-state index contributed by atoms with van der Waals surface area (Å²) in [4.78, 5) is 27.7. The molecule has 2 rings (SSSR count). The predicted molar refractivity (Wildman–Crippen MR) is 105 cm³/mol. The molecule has 2 aliphatic rings. The summed E-state index contributed by atoms with van der Waals surface area (Å²) < 4.78 is 11.0. The highest BCUT2D eigenvalue weighted by Gasteiger charge is 2.54. The standard InChI is InChI=1S/C21H34N2O4/c1-8-11-23(14(12-13(2)3)19(24)22-21(4,5)6)18-16-10-9-15(27-16)17(18)20(25)26-7/h8-10,13-18H,1,11-12H2,2-7H3,(H,22,24)/t14-,15+,16-,17?,18?/m1/s1. The fraction of sp³-hybridized carbons (Fsp3) is 0.714. The number of ether oxygens (including phenoxy) is 2. The highest BCUT2D eigenvalue weighted by Crippen LogP contribution is 2.39. The second-order valence-corrected chi connectivity index (χ2v) is 8.86. The molecule has 1 fully saturated rings. The van der Waals surface area contributed by atoms with Gasteiger partial charge in [0.2, 0.25) is 5.91 Å². The van der Waals surface area contributed by atoms with Crippen LogP contribution in [0.5, 0.6) is 0 Å². The topological polar surface area (TPSA) is 67.9 Å². The molecule has 0 aliphatic carbocycles. The predicted octanol–water partition coefficient (Wildman–Crippen LogP) is 2.30. The van der Waals surface area contributed by atoms with Crippen molar-refractivity contribution in [2.75, 3.05) is 13.7 Å². The van der Waals surface area contributed by atoms with Crippen LogP contribution in [0, 0.1) is 11.8 Å². The minimum Gasteiger partial charge on any atom is -0.469 e. The van der Waals surface area contributed by atoms with E-state index >= 15 is 0 Å². The van der Waals surface area contributed by atoms with Crippen molar-refractivity contribution in [2.45, 2.75) is 70.9 Å². The van der Waals surface area contributed by atoms with Crippen molar-refractivity contribution in [1.29, 1.82) is 0 Å². The summed E-state index contributed by atoms with van der Waals surface area (Å²) >= 11 is 0. The molecule has 152 valence electrons. The summed E-state index contributed by atoms with van der Waals surface area (Å²) in [5, 5.41) is 3.10. The fourth-order valence-electron chi connectivity index (χ4n) is 3.99. The van der Waals surface area contributed by atoms with E-state index in [-0.39, 0.29) is 41.7 Å². The van der Waals surface area contributed by atoms with Crippen molar-refractivity contribution in [3.8, 4) is 0 Å². The lowest BCUT2D eigenvalue weighted by molar-refractivity contribution is -0.149. The first-order valence-electron chi connectivity index (χ1n) is 9.69. The molecule has 0 saturated carbocycles. The molecule has 5 atom stereocenters. The average molecular weight is 379 g/mol. The molecule has 2 aliphatic heterocycles. The highest BCUT2D eigenvalue weighted by molar-refractivity contribution is 5.83. The number of rotatable bonds is 8. The van der Waals surface area contributed by atoms with Crippen LogP contribution in [0.25, 0.3) is 0 Å². The number of carbonyl (C=O) groups is 2. The third-order valence-electron chi connectivity index (χ3n) is 4.96. The van der Waals surface area contributed by atoms with E-state index in [1.165, 1.54) is 7.11 Å². The van der Waals surface area contributed by atoms with Crippen LogP contribution in [-0.4, -0.2) is 60.3 Å². The maximum absolute atomic E-state index is 13.2. The van der Waals surface area contributed by atoms with Gasteiger partial charge in [0.05, 0.1) is 31.4 Å². The molecule has 0 aromatic rings. The van der Waals surface area contributed by atoms with Gasteiger partial charge >= 0.3 is 5.97 Å². The van der Waals surface area contributed by atoms with Crippen molar-refractivity contribution < 1.29 is 19.1 Å². The van der Waals surface area contributed by atoms with Crippen molar-refractivity contribution in [3.63, 3.8) is 0 Å². The summed E-state index contributed by atoms with van der Waals surface area (Å²) in [6, 6.07) is -0.629. The lowest BCUT2D eigenvalue weighted by Crippen LogP contribution is -2.59. The molecule has 1 amide bonds. The highest BCUT2D eigenvalue weighted by atomic mass is 16.5. The Hall–Kier alpha value is -1.66. The van der Waals surface area contributed by atoms with Gasteiger partial charge in [0.15, 0.2) is 0 Å². The monoisotopic (exact) mass is 378 g/mol. The van der Waals surface area contributed by atoms with Gasteiger partial charge in [-0.3, -0.25) is 14.5 Å². The Morgan fingerprint density at radius 1 is 1.30 bits per heavy atom. The van der Waals surface area contributed by atoms with E-state index in [9.17, 15) is 9.59 Å². The zero-order chi connectivity index (χ0) is 20.4. The van der Waals surface area contributed by atoms with Crippen LogP contribution in [0.2, 0.25) is 0 Å². The molecule has 0 aromatic heterocycles. The number of hydrogen-bond donors (Lipinski definition) is 1. The molecule has 6 heteroatoms. The third kappa shape index (κ3) is 4.99. The average Bonchev–Trinajstić information content (AvgIpc) is 3.16. The minimum absolute atomic E-state index is 0.0339. The Morgan fingerprint density at radius 3 is 2.44 bits per heavy atom. The van der Waals surface area contributed by atoms with Gasteiger partial charge in [0.1, 0.15) is 5.92 Å². The molecule has 0 aromatic carbocycles. The Morgan fingerprint density at radius 2 is 1.93 bits per heavy atom. The molecule has 27 heavy (non-hydrogen) atoms. The van der Waals surface area contributed by atoms with E-state index < -0.39 is 5.92 Å². The van der Waals surface area contributed by atoms with Gasteiger partial charge < -0.3 is 14.8 Å². The molecule has 0 radical (unpaired) electrons. The van der Waals surface area contributed by atoms with E-state index in [0.29, 0.717) is 18.9 Å². The Kier molecular flexibility index (Phi) is 6.87. The number of esters is 1. The van der Waals surface area contributed by atoms with Crippen molar-refractivity contribution in [1.82, 2.24) is 10.2 Å². The third-order valence-corrected chi connectivity index (χ3v) is 4.96. The van der Waals surface area contributed by atoms with Crippen LogP contribution in [0.3, 0.4) is 0 Å². The first kappa shape index (κ1) is 21.6. The van der Waals surface area contributed by atoms with Crippen LogP contribution in [0.15, 0.2) is 24.8 Å². The second-order valence-electron chi connectivity index (χ2n) is 8.86. The maximum atomic E-state index is 13.2. The number of fused-ring (bicyclic) bond motifs is 2. The first-order chi connectivity index (χ1) is 12.6. The van der Waals surface area contributed by atoms with Gasteiger partial charge in [-0.1, -0.05) is 32.1 Å². The fourth-order valence-corrected chi connectivity index (χ4v) is 3.99. The maximum Gasteiger partial charge on any atom is 0.313 e. The molecule has 2 bridgehead atoms. The molecular formula is C21H34N2O4. The Labute approximate surface area is 163 Å². The minimum atomic E-state index is -0.443. The van der Waals surface area contributed by atoms with Crippen molar-refractivity contribution in [2.24, 2.45) is 11.8 Å². The van der Waals surface area contributed by atoms with Crippen molar-refractivity contribution >= 4 is 11.9 Å². The SMILES string of the molecule is C=CCN(C1C(C(=O)OC)[C@@H]2C=C[C@H]1O2)[C@H](CC(C)C)C(=O)NC(C)(C)C. The van der Waals surface area contributed by atoms with Gasteiger partial charge in [-0.2, -0.15) is 0 Å². The van der Waals surface area contributed by atoms with Crippen LogP contribution in [-0.2, 0) is 19.1 Å². The van der Waals surface area contributed by atoms with E-state index in [4.69, 9.17) is 9.47 Å². The number of nitrogens with one attached hydrogen (secondary N) is 1. The summed E-state index contributed by atoms with van der Waals surface area (Å²) in [6.07, 6.45) is 5.84. The largest absolute Gasteiger partial charge is 0.469 e. The summed E-state index contributed by atoms with van der Waals surface area (Å²) in [5.74, 6) is -0.458. The van der Waals surface area contributed by atoms with Crippen LogP contribution in [0.4, 0.5) is 0 Å². The van der Waals surface area contributed by atoms with Gasteiger partial charge in [-0.15, -0.1) is 6.58 Å². The molecule has 6 nitrogen and oxygen atoms in total. The molecule has 2 heterocycles. The first-order valence-corrected chi connectivity index (χ1v) is 9.69. The summed E-state index contributed by atoms with van der Waals surface area (Å²) in [6.45, 7) is 14.5. The number of amides is 1. The van der Waals surface area contributed by atoms with E-state index in [1.54, 1.807) is 6.08 Å². The smallest absolute Gasteiger partial charge is 0.313 e. The van der Waals surface area contributed by atoms with Gasteiger partial charge in [0.25, 0.3) is 0 Å². The normalized spacial score (nSPS) is 27.9. The van der Waals surface area contributed by atoms with Gasteiger partial charge in [0, 0.05) is 12.1 Å². The lowest BCUT2D eigenvalue weighted by Gasteiger charge is -2.40. The number of nitrogens with zero attached hydrogens (tertiary/aromatic N) is 1. The molecule has 0 spiro atoms. The summed E-state index contributed by atoms with van der Waals surface area (Å²) in [5.41, 5.74) is -0.334. The van der Waals surface area contributed by atoms with Gasteiger partial charge in [-0.05, 0) is 33.1 Å². The van der Waals surface area contributed by atoms with E-state index in [2.05, 4.69) is 30.6 Å². The molecule has 1 N–H and O–H groups in total. The Bertz CT molecular complexity index is 593. The zero-order valence-corrected chi connectivity index (χ0v) is 17.4. The molecule has 2 unspecified atom stereocenters. The van der Waals surface area contributed by atoms with Crippen LogP contribution in [0.1, 0.15) is 41.0 Å². The number of methoxy groups -OCH3 is 1. The van der Waals surface area contributed by atoms with Gasteiger partial charge in [-0.25, -0.2) is 0 Å². The number of carbonyl (C=O) groups excluding carboxylic acids is 2. The van der Waals surface area contributed by atoms with Crippen LogP contribution >= 0.6 is 0 Å². The Balaban J connectivity index is 2.38. The molecular weight excluding hydrogens is 344 g/mol. The quantitative estimate of drug-likeness (QED) is 0.518.